The van der Waals surface area contributed by atoms with Crippen LogP contribution in [0.5, 0.6) is 11.5 Å². The minimum Gasteiger partial charge on any atom is -0.503 e. The lowest BCUT2D eigenvalue weighted by molar-refractivity contribution is -0.231. The zero-order valence-electron chi connectivity index (χ0n) is 18.1. The molecule has 5 nitrogen and oxygen atoms in total. The SMILES string of the molecule is COc1ccc2c(c1O)N(c1ccccc1)[C@@H]1CC[C@@]34CCCN5CC[C@@]21[C@]53OCC4. The van der Waals surface area contributed by atoms with E-state index >= 15 is 0 Å². The highest BCUT2D eigenvalue weighted by Gasteiger charge is 2.79. The fourth-order valence-corrected chi connectivity index (χ4v) is 8.54. The second-order valence-electron chi connectivity index (χ2n) is 10.1. The van der Waals surface area contributed by atoms with Crippen molar-refractivity contribution in [2.45, 2.75) is 55.7 Å². The van der Waals surface area contributed by atoms with E-state index in [1.54, 1.807) is 7.11 Å². The van der Waals surface area contributed by atoms with Crippen LogP contribution in [0.1, 0.15) is 44.1 Å². The van der Waals surface area contributed by atoms with E-state index in [4.69, 9.17) is 9.47 Å². The molecule has 2 aromatic carbocycles. The van der Waals surface area contributed by atoms with Gasteiger partial charge in [-0.1, -0.05) is 24.3 Å². The first-order valence-electron chi connectivity index (χ1n) is 11.8. The standard InChI is InChI=1S/C26H30N2O3/c1-30-20-9-8-19-22(23(20)29)28(18-6-3-2-4-7-18)21-10-12-24-11-5-15-27-16-13-25(19,21)26(24,27)31-17-14-24/h2-4,6-9,21,29H,5,10-17H2,1H3/t21-,24-,25-,26+/m1/s1. The Morgan fingerprint density at radius 3 is 2.74 bits per heavy atom. The van der Waals surface area contributed by atoms with E-state index in [0.29, 0.717) is 5.75 Å². The van der Waals surface area contributed by atoms with Crippen molar-refractivity contribution in [1.29, 1.82) is 0 Å². The quantitative estimate of drug-likeness (QED) is 0.775. The van der Waals surface area contributed by atoms with Gasteiger partial charge in [0.05, 0.1) is 18.2 Å². The van der Waals surface area contributed by atoms with Gasteiger partial charge in [-0.3, -0.25) is 4.90 Å². The summed E-state index contributed by atoms with van der Waals surface area (Å²) >= 11 is 0. The molecular weight excluding hydrogens is 388 g/mol. The van der Waals surface area contributed by atoms with E-state index in [1.807, 2.05) is 6.07 Å². The van der Waals surface area contributed by atoms with Crippen LogP contribution in [0.4, 0.5) is 11.4 Å². The van der Waals surface area contributed by atoms with E-state index in [-0.39, 0.29) is 28.3 Å². The molecule has 1 aliphatic carbocycles. The number of ether oxygens (including phenoxy) is 2. The number of nitrogens with zero attached hydrogens (tertiary/aromatic N) is 2. The average molecular weight is 419 g/mol. The molecule has 3 saturated heterocycles. The minimum atomic E-state index is -0.250. The fraction of sp³-hybridized carbons (Fsp3) is 0.538. The summed E-state index contributed by atoms with van der Waals surface area (Å²) in [6.45, 7) is 3.06. The van der Waals surface area contributed by atoms with Crippen molar-refractivity contribution in [3.05, 3.63) is 48.0 Å². The third-order valence-corrected chi connectivity index (χ3v) is 9.39. The largest absolute Gasteiger partial charge is 0.503 e. The van der Waals surface area contributed by atoms with Gasteiger partial charge >= 0.3 is 0 Å². The summed E-state index contributed by atoms with van der Waals surface area (Å²) in [7, 11) is 1.64. The molecule has 2 aromatic rings. The van der Waals surface area contributed by atoms with Crippen LogP contribution in [0.25, 0.3) is 0 Å². The van der Waals surface area contributed by atoms with E-state index in [0.717, 1.165) is 43.9 Å². The van der Waals surface area contributed by atoms with Gasteiger partial charge in [0, 0.05) is 36.8 Å². The average Bonchev–Trinajstić information content (AvgIpc) is 3.45. The molecule has 4 fully saturated rings. The van der Waals surface area contributed by atoms with Crippen molar-refractivity contribution in [1.82, 2.24) is 4.90 Å². The molecule has 0 radical (unpaired) electrons. The number of phenolic OH excluding ortho intramolecular Hbond substituents is 1. The van der Waals surface area contributed by atoms with E-state index in [1.165, 1.54) is 31.2 Å². The van der Waals surface area contributed by atoms with Crippen LogP contribution in [-0.2, 0) is 10.2 Å². The van der Waals surface area contributed by atoms with E-state index in [2.05, 4.69) is 46.2 Å². The Hall–Kier alpha value is -2.24. The van der Waals surface area contributed by atoms with E-state index in [9.17, 15) is 5.11 Å². The molecule has 4 aliphatic heterocycles. The maximum absolute atomic E-state index is 11.4. The predicted octanol–water partition coefficient (Wildman–Crippen LogP) is 4.56. The van der Waals surface area contributed by atoms with Crippen LogP contribution >= 0.6 is 0 Å². The normalized spacial score (nSPS) is 37.8. The van der Waals surface area contributed by atoms with Crippen molar-refractivity contribution in [3.63, 3.8) is 0 Å². The number of hydrogen-bond donors (Lipinski definition) is 1. The summed E-state index contributed by atoms with van der Waals surface area (Å²) in [5, 5.41) is 11.4. The molecule has 0 unspecified atom stereocenters. The molecule has 0 amide bonds. The second kappa shape index (κ2) is 5.96. The molecule has 31 heavy (non-hydrogen) atoms. The number of rotatable bonds is 2. The summed E-state index contributed by atoms with van der Waals surface area (Å²) < 4.78 is 12.5. The van der Waals surface area contributed by atoms with Crippen LogP contribution in [0.3, 0.4) is 0 Å². The smallest absolute Gasteiger partial charge is 0.182 e. The zero-order chi connectivity index (χ0) is 20.8. The van der Waals surface area contributed by atoms with Crippen LogP contribution in [0.2, 0.25) is 0 Å². The molecule has 1 saturated carbocycles. The molecule has 1 N–H and O–H groups in total. The Bertz CT molecular complexity index is 1060. The Balaban J connectivity index is 1.55. The molecule has 5 heteroatoms. The van der Waals surface area contributed by atoms with Crippen molar-refractivity contribution in [3.8, 4) is 11.5 Å². The number of phenols is 1. The lowest BCUT2D eigenvalue weighted by Crippen LogP contribution is -2.72. The van der Waals surface area contributed by atoms with Crippen LogP contribution in [0.15, 0.2) is 42.5 Å². The lowest BCUT2D eigenvalue weighted by atomic mass is 9.50. The first-order chi connectivity index (χ1) is 15.2. The van der Waals surface area contributed by atoms with Gasteiger partial charge in [-0.05, 0) is 62.3 Å². The van der Waals surface area contributed by atoms with E-state index < -0.39 is 0 Å². The van der Waals surface area contributed by atoms with Crippen molar-refractivity contribution < 1.29 is 14.6 Å². The highest BCUT2D eigenvalue weighted by atomic mass is 16.5. The topological polar surface area (TPSA) is 45.2 Å². The first-order valence-corrected chi connectivity index (χ1v) is 11.8. The molecule has 4 heterocycles. The van der Waals surface area contributed by atoms with Crippen molar-refractivity contribution >= 4 is 11.4 Å². The number of methoxy groups -OCH3 is 1. The zero-order valence-corrected chi connectivity index (χ0v) is 18.1. The Kier molecular flexibility index (Phi) is 3.53. The molecule has 7 rings (SSSR count). The maximum atomic E-state index is 11.4. The summed E-state index contributed by atoms with van der Waals surface area (Å²) in [5.41, 5.74) is 3.19. The van der Waals surface area contributed by atoms with Crippen LogP contribution in [0, 0.1) is 5.41 Å². The number of piperidine rings is 1. The van der Waals surface area contributed by atoms with Gasteiger partial charge in [-0.2, -0.15) is 0 Å². The summed E-state index contributed by atoms with van der Waals surface area (Å²) in [4.78, 5) is 5.11. The monoisotopic (exact) mass is 418 g/mol. The number of fused-ring (bicyclic) bond motifs is 1. The Morgan fingerprint density at radius 1 is 1.03 bits per heavy atom. The number of para-hydroxylation sites is 1. The molecule has 4 atom stereocenters. The number of benzene rings is 2. The first kappa shape index (κ1) is 18.3. The fourth-order valence-electron chi connectivity index (χ4n) is 8.54. The summed E-state index contributed by atoms with van der Waals surface area (Å²) in [6.07, 6.45) is 7.12. The van der Waals surface area contributed by atoms with Gasteiger partial charge in [0.15, 0.2) is 11.5 Å². The maximum Gasteiger partial charge on any atom is 0.182 e. The summed E-state index contributed by atoms with van der Waals surface area (Å²) in [5.74, 6) is 0.811. The molecule has 0 bridgehead atoms. The van der Waals surface area contributed by atoms with Gasteiger partial charge < -0.3 is 19.5 Å². The number of anilines is 2. The molecule has 0 aromatic heterocycles. The minimum absolute atomic E-state index is 0.128. The van der Waals surface area contributed by atoms with Crippen molar-refractivity contribution in [2.24, 2.45) is 5.41 Å². The van der Waals surface area contributed by atoms with Crippen LogP contribution < -0.4 is 9.64 Å². The van der Waals surface area contributed by atoms with Gasteiger partial charge in [-0.15, -0.1) is 0 Å². The predicted molar refractivity (Wildman–Crippen MR) is 119 cm³/mol. The van der Waals surface area contributed by atoms with Gasteiger partial charge in [-0.25, -0.2) is 0 Å². The third kappa shape index (κ3) is 1.85. The molecular formula is C26H30N2O3. The Labute approximate surface area is 183 Å². The van der Waals surface area contributed by atoms with Gasteiger partial charge in [0.1, 0.15) is 5.72 Å². The van der Waals surface area contributed by atoms with Crippen molar-refractivity contribution in [2.75, 3.05) is 31.7 Å². The highest BCUT2D eigenvalue weighted by Crippen LogP contribution is 2.74. The lowest BCUT2D eigenvalue weighted by Gasteiger charge is -2.62. The molecule has 2 spiro atoms. The number of aromatic hydroxyl groups is 1. The van der Waals surface area contributed by atoms with Crippen LogP contribution in [-0.4, -0.2) is 48.6 Å². The van der Waals surface area contributed by atoms with Gasteiger partial charge in [0.25, 0.3) is 0 Å². The highest BCUT2D eigenvalue weighted by molar-refractivity contribution is 5.83. The molecule has 162 valence electrons. The second-order valence-corrected chi connectivity index (χ2v) is 10.1. The summed E-state index contributed by atoms with van der Waals surface area (Å²) in [6, 6.07) is 15.1. The molecule has 5 aliphatic rings. The van der Waals surface area contributed by atoms with Gasteiger partial charge in [0.2, 0.25) is 0 Å². The number of hydrogen-bond acceptors (Lipinski definition) is 5. The Morgan fingerprint density at radius 2 is 1.90 bits per heavy atom. The third-order valence-electron chi connectivity index (χ3n) is 9.39.